The topological polar surface area (TPSA) is 146 Å². The Morgan fingerprint density at radius 1 is 0.321 bits per heavy atom. The molecule has 0 radical (unpaired) electrons. The third kappa shape index (κ3) is 34.5. The van der Waals surface area contributed by atoms with Crippen molar-refractivity contribution >= 4 is 135 Å². The molecule has 572 valence electrons. The number of benzene rings is 10. The molecule has 0 atom stereocenters. The molecule has 10 rings (SSSR count). The number of carbonyl (C=O) groups excluding carboxylic acids is 5. The molecule has 0 saturated heterocycles. The fraction of sp³-hybridized carbons (Fsp3) is 0.239. The quantitative estimate of drug-likeness (QED) is 0.0252. The average Bonchev–Trinajstić information content (AvgIpc) is 0.887. The zero-order valence-corrected chi connectivity index (χ0v) is 68.5. The van der Waals surface area contributed by atoms with Gasteiger partial charge in [0, 0.05) is 53.3 Å². The molecule has 0 saturated carbocycles. The normalized spacial score (nSPS) is 10.6. The highest BCUT2D eigenvalue weighted by molar-refractivity contribution is 8.01. The summed E-state index contributed by atoms with van der Waals surface area (Å²) in [6.45, 7) is 12.3. The van der Waals surface area contributed by atoms with Gasteiger partial charge in [0.2, 0.25) is 29.5 Å². The number of amides is 5. The molecular weight excluding hydrogens is 1550 g/mol. The summed E-state index contributed by atoms with van der Waals surface area (Å²) in [5.74, 6) is 1.54. The van der Waals surface area contributed by atoms with E-state index in [1.807, 2.05) is 184 Å². The number of hydrogen-bond acceptors (Lipinski definition) is 10. The Hall–Kier alpha value is -7.94. The van der Waals surface area contributed by atoms with E-state index in [9.17, 15) is 32.8 Å². The van der Waals surface area contributed by atoms with Gasteiger partial charge in [-0.15, -0.1) is 65.4 Å². The lowest BCUT2D eigenvalue weighted by Gasteiger charge is -2.18. The standard InChI is InChI=1S/C18H19Cl2NOS.C18H19F2NOS.C18H21NOS.C18H19NOS.C16H15Cl2NOS/c2*1-2-11-21-17(22)12-23-18(13-3-7-15(19)8-4-13)14-5-9-16(20)10-6-14;2*1-2-13-19-17(20)14-21-18(15-9-5-3-6-10-15)16-11-7-4-8-12-16;1-19-15(20)10-21-16(11-4-2-6-13(17)8-11)12-5-3-7-14(18)9-12/h2*3-10,18H,2,11-12H2,1H3,(H,21,22);3-12,18H,2,13-14H2,1H3,(H,19,20);2-12,18H,1,13-14H2,(H,19,20);2-9,16H,10H2,1H3,(H,19,20). The summed E-state index contributed by atoms with van der Waals surface area (Å²) in [6.07, 6.45) is 4.48. The Balaban J connectivity index is 0.000000213. The smallest absolute Gasteiger partial charge is 0.230 e. The van der Waals surface area contributed by atoms with Crippen molar-refractivity contribution in [3.63, 3.8) is 0 Å². The monoisotopic (exact) mass is 1640 g/mol. The van der Waals surface area contributed by atoms with Gasteiger partial charge in [-0.25, -0.2) is 8.78 Å². The molecule has 0 fully saturated rings. The van der Waals surface area contributed by atoms with Crippen molar-refractivity contribution in [1.29, 1.82) is 0 Å². The molecule has 0 bridgehead atoms. The Labute approximate surface area is 683 Å². The van der Waals surface area contributed by atoms with Gasteiger partial charge in [-0.1, -0.05) is 267 Å². The molecular formula is C88H93Cl4F2N5O5S5. The van der Waals surface area contributed by atoms with Crippen LogP contribution >= 0.6 is 105 Å². The van der Waals surface area contributed by atoms with Gasteiger partial charge in [-0.2, -0.15) is 0 Å². The summed E-state index contributed by atoms with van der Waals surface area (Å²) in [6, 6.07) is 84.4. The number of nitrogens with one attached hydrogen (secondary N) is 5. The maximum Gasteiger partial charge on any atom is 0.230 e. The van der Waals surface area contributed by atoms with Crippen LogP contribution in [0.1, 0.15) is 122 Å². The zero-order valence-electron chi connectivity index (χ0n) is 61.4. The second-order valence-corrected chi connectivity index (χ2v) is 31.4. The van der Waals surface area contributed by atoms with Crippen molar-refractivity contribution < 1.29 is 32.8 Å². The van der Waals surface area contributed by atoms with Crippen LogP contribution < -0.4 is 26.6 Å². The minimum atomic E-state index is -0.308. The van der Waals surface area contributed by atoms with Crippen LogP contribution in [0.15, 0.2) is 280 Å². The lowest BCUT2D eigenvalue weighted by atomic mass is 10.0. The highest BCUT2D eigenvalue weighted by Gasteiger charge is 2.22. The van der Waals surface area contributed by atoms with E-state index in [1.54, 1.807) is 84.4 Å². The molecule has 10 aromatic carbocycles. The number of rotatable bonds is 33. The van der Waals surface area contributed by atoms with Crippen LogP contribution in [0.2, 0.25) is 20.1 Å². The molecule has 0 heterocycles. The van der Waals surface area contributed by atoms with Gasteiger partial charge in [0.25, 0.3) is 0 Å². The van der Waals surface area contributed by atoms with Crippen molar-refractivity contribution in [2.45, 2.75) is 66.3 Å². The zero-order chi connectivity index (χ0) is 78.4. The molecule has 0 spiro atoms. The lowest BCUT2D eigenvalue weighted by molar-refractivity contribution is -0.119. The molecule has 109 heavy (non-hydrogen) atoms. The third-order valence-corrected chi connectivity index (χ3v) is 23.3. The first kappa shape index (κ1) is 89.9. The molecule has 0 aliphatic rings. The van der Waals surface area contributed by atoms with Crippen LogP contribution in [-0.2, 0) is 24.0 Å². The van der Waals surface area contributed by atoms with Gasteiger partial charge < -0.3 is 26.6 Å². The van der Waals surface area contributed by atoms with E-state index >= 15 is 0 Å². The van der Waals surface area contributed by atoms with Crippen molar-refractivity contribution in [2.75, 3.05) is 62.0 Å². The summed E-state index contributed by atoms with van der Waals surface area (Å²) in [4.78, 5) is 58.9. The Morgan fingerprint density at radius 2 is 0.560 bits per heavy atom. The summed E-state index contributed by atoms with van der Waals surface area (Å²) in [7, 11) is 1.64. The Morgan fingerprint density at radius 3 is 0.817 bits per heavy atom. The first-order valence-corrected chi connectivity index (χ1v) is 42.4. The molecule has 5 amide bonds. The van der Waals surface area contributed by atoms with Gasteiger partial charge in [-0.05, 0) is 148 Å². The fourth-order valence-corrected chi connectivity index (χ4v) is 16.6. The lowest BCUT2D eigenvalue weighted by Crippen LogP contribution is -2.26. The predicted octanol–water partition coefficient (Wildman–Crippen LogP) is 22.1. The minimum Gasteiger partial charge on any atom is -0.358 e. The molecule has 21 heteroatoms. The minimum absolute atomic E-state index is 0.00550. The highest BCUT2D eigenvalue weighted by atomic mass is 35.5. The van der Waals surface area contributed by atoms with Gasteiger partial charge in [0.05, 0.1) is 55.0 Å². The van der Waals surface area contributed by atoms with Crippen LogP contribution in [0.4, 0.5) is 8.78 Å². The maximum atomic E-state index is 13.1. The molecule has 5 N–H and O–H groups in total. The maximum absolute atomic E-state index is 13.1. The van der Waals surface area contributed by atoms with E-state index in [0.717, 1.165) is 59.2 Å². The molecule has 10 aromatic rings. The summed E-state index contributed by atoms with van der Waals surface area (Å²) >= 11 is 32.0. The van der Waals surface area contributed by atoms with E-state index in [4.69, 9.17) is 46.4 Å². The van der Waals surface area contributed by atoms with Gasteiger partial charge in [-0.3, -0.25) is 24.0 Å². The molecule has 0 aromatic heterocycles. The van der Waals surface area contributed by atoms with E-state index in [-0.39, 0.29) is 67.4 Å². The van der Waals surface area contributed by atoms with Crippen molar-refractivity contribution in [3.05, 3.63) is 367 Å². The summed E-state index contributed by atoms with van der Waals surface area (Å²) < 4.78 is 26.3. The Bertz CT molecular complexity index is 3960. The first-order valence-electron chi connectivity index (χ1n) is 35.6. The molecule has 0 unspecified atom stereocenters. The van der Waals surface area contributed by atoms with Crippen molar-refractivity contribution in [1.82, 2.24) is 26.6 Å². The average molecular weight is 1640 g/mol. The molecule has 0 aliphatic carbocycles. The van der Waals surface area contributed by atoms with E-state index in [2.05, 4.69) is 88.6 Å². The van der Waals surface area contributed by atoms with E-state index in [1.165, 1.54) is 58.3 Å². The fourth-order valence-electron chi connectivity index (χ4n) is 10.4. The first-order chi connectivity index (χ1) is 52.9. The Kier molecular flexibility index (Phi) is 43.1. The molecule has 0 aliphatic heterocycles. The van der Waals surface area contributed by atoms with Crippen LogP contribution in [-0.4, -0.2) is 91.5 Å². The van der Waals surface area contributed by atoms with Gasteiger partial charge in [0.15, 0.2) is 0 Å². The van der Waals surface area contributed by atoms with Crippen molar-refractivity contribution in [3.8, 4) is 0 Å². The summed E-state index contributed by atoms with van der Waals surface area (Å²) in [5.41, 5.74) is 11.0. The van der Waals surface area contributed by atoms with Crippen LogP contribution in [0.5, 0.6) is 0 Å². The van der Waals surface area contributed by atoms with Crippen LogP contribution in [0.3, 0.4) is 0 Å². The second kappa shape index (κ2) is 52.3. The number of carbonyl (C=O) groups is 5. The predicted molar refractivity (Wildman–Crippen MR) is 463 cm³/mol. The number of thioether (sulfide) groups is 5. The molecule has 10 nitrogen and oxygen atoms in total. The number of halogens is 6. The third-order valence-electron chi connectivity index (χ3n) is 15.7. The highest BCUT2D eigenvalue weighted by Crippen LogP contribution is 2.41. The summed E-state index contributed by atoms with van der Waals surface area (Å²) in [5, 5.41) is 17.2. The van der Waals surface area contributed by atoms with Gasteiger partial charge >= 0.3 is 0 Å². The SMILES string of the molecule is C=CCNC(=O)CSC(c1ccccc1)c1ccccc1.CCCNC(=O)CSC(c1ccc(Cl)cc1)c1ccc(Cl)cc1.CCCNC(=O)CSC(c1ccc(F)cc1)c1ccc(F)cc1.CCCNC(=O)CSC(c1ccccc1)c1ccccc1.CNC(=O)CSC(c1cccc(Cl)c1)c1cccc(Cl)c1. The number of hydrogen-bond donors (Lipinski definition) is 5. The van der Waals surface area contributed by atoms with E-state index in [0.29, 0.717) is 68.5 Å². The second-order valence-electron chi connectivity index (χ2n) is 24.2. The largest absolute Gasteiger partial charge is 0.358 e. The van der Waals surface area contributed by atoms with Crippen molar-refractivity contribution in [2.24, 2.45) is 0 Å². The van der Waals surface area contributed by atoms with Gasteiger partial charge in [0.1, 0.15) is 11.6 Å². The van der Waals surface area contributed by atoms with Crippen LogP contribution in [0, 0.1) is 11.6 Å². The van der Waals surface area contributed by atoms with E-state index < -0.39 is 0 Å². The van der Waals surface area contributed by atoms with Crippen LogP contribution in [0.25, 0.3) is 0 Å².